The Balaban J connectivity index is 1.59. The Morgan fingerprint density at radius 3 is 2.47 bits per heavy atom. The summed E-state index contributed by atoms with van der Waals surface area (Å²) in [7, 11) is 2.21. The highest BCUT2D eigenvalue weighted by molar-refractivity contribution is 5.18. The first kappa shape index (κ1) is 14.5. The van der Waals surface area contributed by atoms with Gasteiger partial charge in [0, 0.05) is 45.8 Å². The SMILES string of the molecule is CC(CNCCN1CCN(C)CC1)c1ccccc1. The van der Waals surface area contributed by atoms with E-state index in [1.54, 1.807) is 0 Å². The fraction of sp³-hybridized carbons (Fsp3) is 0.625. The van der Waals surface area contributed by atoms with Crippen molar-refractivity contribution in [1.82, 2.24) is 15.1 Å². The largest absolute Gasteiger partial charge is 0.315 e. The maximum Gasteiger partial charge on any atom is 0.0110 e. The molecular weight excluding hydrogens is 234 g/mol. The van der Waals surface area contributed by atoms with Crippen molar-refractivity contribution < 1.29 is 0 Å². The molecule has 0 radical (unpaired) electrons. The summed E-state index contributed by atoms with van der Waals surface area (Å²) in [6.07, 6.45) is 0. The third-order valence-electron chi connectivity index (χ3n) is 4.02. The molecule has 1 N–H and O–H groups in total. The van der Waals surface area contributed by atoms with Crippen molar-refractivity contribution in [2.24, 2.45) is 0 Å². The van der Waals surface area contributed by atoms with Crippen LogP contribution in [0.15, 0.2) is 30.3 Å². The smallest absolute Gasteiger partial charge is 0.0110 e. The molecule has 0 saturated carbocycles. The van der Waals surface area contributed by atoms with Crippen molar-refractivity contribution in [3.63, 3.8) is 0 Å². The number of benzene rings is 1. The maximum absolute atomic E-state index is 3.59. The second-order valence-corrected chi connectivity index (χ2v) is 5.66. The maximum atomic E-state index is 3.59. The highest BCUT2D eigenvalue weighted by atomic mass is 15.2. The summed E-state index contributed by atoms with van der Waals surface area (Å²) in [6, 6.07) is 10.8. The van der Waals surface area contributed by atoms with E-state index in [1.165, 1.54) is 38.3 Å². The van der Waals surface area contributed by atoms with E-state index in [1.807, 2.05) is 0 Å². The Labute approximate surface area is 117 Å². The monoisotopic (exact) mass is 261 g/mol. The lowest BCUT2D eigenvalue weighted by Gasteiger charge is -2.32. The minimum absolute atomic E-state index is 0.591. The third-order valence-corrected chi connectivity index (χ3v) is 4.02. The van der Waals surface area contributed by atoms with Crippen molar-refractivity contribution in [3.05, 3.63) is 35.9 Å². The molecule has 0 aromatic heterocycles. The van der Waals surface area contributed by atoms with Crippen molar-refractivity contribution in [2.75, 3.05) is 52.9 Å². The van der Waals surface area contributed by atoms with E-state index >= 15 is 0 Å². The van der Waals surface area contributed by atoms with Gasteiger partial charge in [0.05, 0.1) is 0 Å². The number of rotatable bonds is 6. The number of nitrogens with one attached hydrogen (secondary N) is 1. The molecule has 1 aliphatic rings. The fourth-order valence-corrected chi connectivity index (χ4v) is 2.53. The Morgan fingerprint density at radius 1 is 1.11 bits per heavy atom. The molecule has 3 nitrogen and oxygen atoms in total. The van der Waals surface area contributed by atoms with Gasteiger partial charge in [0.2, 0.25) is 0 Å². The predicted octanol–water partition coefficient (Wildman–Crippen LogP) is 1.63. The number of hydrogen-bond acceptors (Lipinski definition) is 3. The van der Waals surface area contributed by atoms with E-state index in [0.717, 1.165) is 13.1 Å². The van der Waals surface area contributed by atoms with Crippen LogP contribution in [-0.4, -0.2) is 62.7 Å². The lowest BCUT2D eigenvalue weighted by atomic mass is 10.0. The zero-order valence-corrected chi connectivity index (χ0v) is 12.3. The average Bonchev–Trinajstić information content (AvgIpc) is 2.46. The fourth-order valence-electron chi connectivity index (χ4n) is 2.53. The molecule has 1 heterocycles. The number of piperazine rings is 1. The van der Waals surface area contributed by atoms with E-state index < -0.39 is 0 Å². The van der Waals surface area contributed by atoms with Crippen molar-refractivity contribution in [2.45, 2.75) is 12.8 Å². The molecule has 0 amide bonds. The van der Waals surface area contributed by atoms with Crippen molar-refractivity contribution in [3.8, 4) is 0 Å². The second-order valence-electron chi connectivity index (χ2n) is 5.66. The Hall–Kier alpha value is -0.900. The first-order valence-corrected chi connectivity index (χ1v) is 7.42. The molecule has 1 aliphatic heterocycles. The molecule has 19 heavy (non-hydrogen) atoms. The predicted molar refractivity (Wildman–Crippen MR) is 81.7 cm³/mol. The summed E-state index contributed by atoms with van der Waals surface area (Å²) < 4.78 is 0. The lowest BCUT2D eigenvalue weighted by Crippen LogP contribution is -2.46. The average molecular weight is 261 g/mol. The third kappa shape index (κ3) is 4.94. The van der Waals surface area contributed by atoms with Crippen molar-refractivity contribution in [1.29, 1.82) is 0 Å². The molecule has 0 spiro atoms. The Bertz CT molecular complexity index is 344. The van der Waals surface area contributed by atoms with Gasteiger partial charge in [-0.05, 0) is 18.5 Å². The van der Waals surface area contributed by atoms with Gasteiger partial charge in [-0.25, -0.2) is 0 Å². The van der Waals surface area contributed by atoms with E-state index in [9.17, 15) is 0 Å². The van der Waals surface area contributed by atoms with Crippen LogP contribution in [0.4, 0.5) is 0 Å². The number of nitrogens with zero attached hydrogens (tertiary/aromatic N) is 2. The molecule has 3 heteroatoms. The summed E-state index contributed by atoms with van der Waals surface area (Å²) in [5.74, 6) is 0.591. The molecule has 0 bridgehead atoms. The number of hydrogen-bond donors (Lipinski definition) is 1. The Kier molecular flexibility index (Phi) is 5.83. The van der Waals surface area contributed by atoms with Crippen LogP contribution in [0.5, 0.6) is 0 Å². The van der Waals surface area contributed by atoms with Crippen LogP contribution >= 0.6 is 0 Å². The van der Waals surface area contributed by atoms with Crippen LogP contribution in [0, 0.1) is 0 Å². The van der Waals surface area contributed by atoms with Crippen LogP contribution in [0.3, 0.4) is 0 Å². The molecule has 0 aliphatic carbocycles. The van der Waals surface area contributed by atoms with E-state index in [0.29, 0.717) is 5.92 Å². The molecule has 1 unspecified atom stereocenters. The number of likely N-dealkylation sites (N-methyl/N-ethyl adjacent to an activating group) is 1. The molecule has 1 aromatic rings. The van der Waals surface area contributed by atoms with Gasteiger partial charge < -0.3 is 10.2 Å². The minimum atomic E-state index is 0.591. The van der Waals surface area contributed by atoms with Crippen LogP contribution in [-0.2, 0) is 0 Å². The normalized spacial score (nSPS) is 19.5. The zero-order valence-electron chi connectivity index (χ0n) is 12.3. The van der Waals surface area contributed by atoms with E-state index in [-0.39, 0.29) is 0 Å². The summed E-state index contributed by atoms with van der Waals surface area (Å²) in [4.78, 5) is 4.96. The Morgan fingerprint density at radius 2 is 1.79 bits per heavy atom. The van der Waals surface area contributed by atoms with Gasteiger partial charge in [-0.3, -0.25) is 4.90 Å². The first-order valence-electron chi connectivity index (χ1n) is 7.42. The molecule has 106 valence electrons. The van der Waals surface area contributed by atoms with Crippen molar-refractivity contribution >= 4 is 0 Å². The van der Waals surface area contributed by atoms with Gasteiger partial charge in [-0.1, -0.05) is 37.3 Å². The molecule has 2 rings (SSSR count). The van der Waals surface area contributed by atoms with Crippen LogP contribution in [0.2, 0.25) is 0 Å². The van der Waals surface area contributed by atoms with Gasteiger partial charge in [-0.2, -0.15) is 0 Å². The summed E-state index contributed by atoms with van der Waals surface area (Å²) >= 11 is 0. The summed E-state index contributed by atoms with van der Waals surface area (Å²) in [6.45, 7) is 10.5. The molecule has 1 fully saturated rings. The molecule has 1 aromatic carbocycles. The first-order chi connectivity index (χ1) is 9.25. The molecular formula is C16H27N3. The van der Waals surface area contributed by atoms with Crippen LogP contribution in [0.25, 0.3) is 0 Å². The quantitative estimate of drug-likeness (QED) is 0.785. The van der Waals surface area contributed by atoms with Gasteiger partial charge in [0.15, 0.2) is 0 Å². The standard InChI is InChI=1S/C16H27N3/c1-15(16-6-4-3-5-7-16)14-17-8-9-19-12-10-18(2)11-13-19/h3-7,15,17H,8-14H2,1-2H3. The zero-order chi connectivity index (χ0) is 13.5. The second kappa shape index (κ2) is 7.63. The van der Waals surface area contributed by atoms with Crippen LogP contribution < -0.4 is 5.32 Å². The summed E-state index contributed by atoms with van der Waals surface area (Å²) in [5, 5.41) is 3.59. The highest BCUT2D eigenvalue weighted by Gasteiger charge is 2.12. The van der Waals surface area contributed by atoms with Gasteiger partial charge >= 0.3 is 0 Å². The minimum Gasteiger partial charge on any atom is -0.315 e. The molecule has 1 atom stereocenters. The highest BCUT2D eigenvalue weighted by Crippen LogP contribution is 2.12. The summed E-state index contributed by atoms with van der Waals surface area (Å²) in [5.41, 5.74) is 1.43. The lowest BCUT2D eigenvalue weighted by molar-refractivity contribution is 0.154. The molecule has 1 saturated heterocycles. The van der Waals surface area contributed by atoms with Gasteiger partial charge in [0.1, 0.15) is 0 Å². The van der Waals surface area contributed by atoms with Crippen LogP contribution in [0.1, 0.15) is 18.4 Å². The van der Waals surface area contributed by atoms with E-state index in [2.05, 4.69) is 59.4 Å². The topological polar surface area (TPSA) is 18.5 Å². The van der Waals surface area contributed by atoms with Gasteiger partial charge in [0.25, 0.3) is 0 Å². The van der Waals surface area contributed by atoms with E-state index in [4.69, 9.17) is 0 Å². The van der Waals surface area contributed by atoms with Gasteiger partial charge in [-0.15, -0.1) is 0 Å².